The molecule has 0 saturated carbocycles. The van der Waals surface area contributed by atoms with Gasteiger partial charge < -0.3 is 9.64 Å². The Morgan fingerprint density at radius 1 is 1.38 bits per heavy atom. The molecule has 1 atom stereocenters. The minimum atomic E-state index is -0.160. The molecule has 0 N–H and O–H groups in total. The molecular weight excluding hydrogens is 328 g/mol. The second-order valence-corrected chi connectivity index (χ2v) is 6.74. The molecule has 6 heteroatoms. The molecule has 0 bridgehead atoms. The number of ether oxygens (including phenoxy) is 1. The van der Waals surface area contributed by atoms with Crippen LogP contribution in [0.4, 0.5) is 5.82 Å². The van der Waals surface area contributed by atoms with Crippen LogP contribution in [0.25, 0.3) is 16.7 Å². The van der Waals surface area contributed by atoms with Crippen molar-refractivity contribution < 1.29 is 9.53 Å². The highest BCUT2D eigenvalue weighted by atomic mass is 16.5. The molecule has 0 aliphatic carbocycles. The molecule has 132 valence electrons. The monoisotopic (exact) mass is 348 g/mol. The van der Waals surface area contributed by atoms with E-state index in [1.54, 1.807) is 0 Å². The van der Waals surface area contributed by atoms with E-state index in [0.29, 0.717) is 17.8 Å². The zero-order valence-corrected chi connectivity index (χ0v) is 14.9. The van der Waals surface area contributed by atoms with Gasteiger partial charge in [0.1, 0.15) is 11.9 Å². The van der Waals surface area contributed by atoms with Crippen LogP contribution in [0.3, 0.4) is 0 Å². The maximum absolute atomic E-state index is 12.0. The molecule has 1 aliphatic heterocycles. The third-order valence-corrected chi connectivity index (χ3v) is 5.15. The average Bonchev–Trinajstić information content (AvgIpc) is 3.06. The lowest BCUT2D eigenvalue weighted by molar-refractivity contribution is -0.145. The molecule has 2 aromatic heterocycles. The topological polar surface area (TPSA) is 70.6 Å². The number of aryl methyl sites for hydroxylation is 1. The zero-order chi connectivity index (χ0) is 18.3. The molecule has 3 heterocycles. The van der Waals surface area contributed by atoms with E-state index in [0.717, 1.165) is 41.8 Å². The number of hydrogen-bond acceptors (Lipinski definition) is 5. The lowest BCUT2D eigenvalue weighted by atomic mass is 9.98. The van der Waals surface area contributed by atoms with Crippen molar-refractivity contribution in [2.75, 3.05) is 25.1 Å². The second-order valence-electron chi connectivity index (χ2n) is 6.74. The number of nitriles is 1. The first-order valence-corrected chi connectivity index (χ1v) is 8.77. The van der Waals surface area contributed by atoms with E-state index in [4.69, 9.17) is 9.72 Å². The Hall–Kier alpha value is -3.07. The van der Waals surface area contributed by atoms with Gasteiger partial charge in [-0.3, -0.25) is 9.20 Å². The van der Waals surface area contributed by atoms with Gasteiger partial charge in [-0.25, -0.2) is 4.98 Å². The van der Waals surface area contributed by atoms with E-state index in [1.807, 2.05) is 41.7 Å². The fourth-order valence-corrected chi connectivity index (χ4v) is 3.85. The van der Waals surface area contributed by atoms with Crippen molar-refractivity contribution >= 4 is 28.5 Å². The number of benzene rings is 1. The number of hydrogen-bond donors (Lipinski definition) is 0. The number of methoxy groups -OCH3 is 1. The van der Waals surface area contributed by atoms with Crippen molar-refractivity contribution in [3.05, 3.63) is 41.5 Å². The number of aromatic nitrogens is 2. The van der Waals surface area contributed by atoms with Crippen molar-refractivity contribution in [3.63, 3.8) is 0 Å². The number of carbonyl (C=O) groups is 1. The van der Waals surface area contributed by atoms with Crippen LogP contribution in [0.2, 0.25) is 0 Å². The number of carbonyl (C=O) groups excluding carboxylic acids is 1. The zero-order valence-electron chi connectivity index (χ0n) is 14.9. The number of imidazole rings is 1. The molecule has 1 saturated heterocycles. The van der Waals surface area contributed by atoms with Gasteiger partial charge >= 0.3 is 5.97 Å². The van der Waals surface area contributed by atoms with Gasteiger partial charge in [0.25, 0.3) is 0 Å². The van der Waals surface area contributed by atoms with Crippen LogP contribution < -0.4 is 4.90 Å². The maximum atomic E-state index is 12.0. The molecule has 0 spiro atoms. The fraction of sp³-hybridized carbons (Fsp3) is 0.350. The Morgan fingerprint density at radius 3 is 2.96 bits per heavy atom. The number of esters is 1. The number of piperidine rings is 1. The Balaban J connectivity index is 1.92. The lowest BCUT2D eigenvalue weighted by Crippen LogP contribution is -2.40. The summed E-state index contributed by atoms with van der Waals surface area (Å²) in [5, 5.41) is 9.61. The SMILES string of the molecule is COC(=O)[C@H]1CCCN(c2cc(C)c(C#N)c3nc4ccccc4n23)C1. The van der Waals surface area contributed by atoms with E-state index in [-0.39, 0.29) is 11.9 Å². The van der Waals surface area contributed by atoms with Crippen molar-refractivity contribution in [2.24, 2.45) is 5.92 Å². The van der Waals surface area contributed by atoms with Crippen molar-refractivity contribution in [1.82, 2.24) is 9.38 Å². The minimum Gasteiger partial charge on any atom is -0.469 e. The van der Waals surface area contributed by atoms with Gasteiger partial charge in [0, 0.05) is 13.1 Å². The summed E-state index contributed by atoms with van der Waals surface area (Å²) in [4.78, 5) is 18.9. The Morgan fingerprint density at radius 2 is 2.19 bits per heavy atom. The first kappa shape index (κ1) is 16.4. The number of rotatable bonds is 2. The van der Waals surface area contributed by atoms with Crippen LogP contribution in [0.1, 0.15) is 24.0 Å². The number of pyridine rings is 1. The molecule has 1 fully saturated rings. The normalized spacial score (nSPS) is 17.4. The minimum absolute atomic E-state index is 0.130. The predicted octanol–water partition coefficient (Wildman–Crippen LogP) is 3.06. The summed E-state index contributed by atoms with van der Waals surface area (Å²) in [5.41, 5.74) is 3.98. The van der Waals surface area contributed by atoms with E-state index < -0.39 is 0 Å². The summed E-state index contributed by atoms with van der Waals surface area (Å²) in [6.07, 6.45) is 1.76. The standard InChI is InChI=1S/C20H20N4O2/c1-13-10-18(23-9-5-6-14(12-23)20(25)26-2)24-17-8-4-3-7-16(17)22-19(24)15(13)11-21/h3-4,7-8,10,14H,5-6,9,12H2,1-2H3/t14-/m0/s1. The van der Waals surface area contributed by atoms with E-state index in [2.05, 4.69) is 11.0 Å². The first-order valence-electron chi connectivity index (χ1n) is 8.77. The van der Waals surface area contributed by atoms with Gasteiger partial charge in [-0.2, -0.15) is 5.26 Å². The van der Waals surface area contributed by atoms with Crippen molar-refractivity contribution in [1.29, 1.82) is 5.26 Å². The van der Waals surface area contributed by atoms with Crippen molar-refractivity contribution in [2.45, 2.75) is 19.8 Å². The Kier molecular flexibility index (Phi) is 4.00. The predicted molar refractivity (Wildman–Crippen MR) is 99.1 cm³/mol. The Labute approximate surface area is 151 Å². The van der Waals surface area contributed by atoms with Crippen LogP contribution in [0, 0.1) is 24.2 Å². The summed E-state index contributed by atoms with van der Waals surface area (Å²) >= 11 is 0. The van der Waals surface area contributed by atoms with Gasteiger partial charge in [-0.1, -0.05) is 12.1 Å². The van der Waals surface area contributed by atoms with Crippen LogP contribution >= 0.6 is 0 Å². The largest absolute Gasteiger partial charge is 0.469 e. The highest BCUT2D eigenvalue weighted by Gasteiger charge is 2.28. The summed E-state index contributed by atoms with van der Waals surface area (Å²) < 4.78 is 6.99. The van der Waals surface area contributed by atoms with E-state index in [9.17, 15) is 10.1 Å². The summed E-state index contributed by atoms with van der Waals surface area (Å²) in [7, 11) is 1.44. The smallest absolute Gasteiger partial charge is 0.310 e. The maximum Gasteiger partial charge on any atom is 0.310 e. The summed E-state index contributed by atoms with van der Waals surface area (Å²) in [6.45, 7) is 3.41. The molecule has 0 amide bonds. The molecule has 0 unspecified atom stereocenters. The van der Waals surface area contributed by atoms with E-state index >= 15 is 0 Å². The van der Waals surface area contributed by atoms with Crippen LogP contribution in [-0.2, 0) is 9.53 Å². The molecule has 26 heavy (non-hydrogen) atoms. The molecular formula is C20H20N4O2. The highest BCUT2D eigenvalue weighted by Crippen LogP contribution is 2.31. The quantitative estimate of drug-likeness (QED) is 0.666. The van der Waals surface area contributed by atoms with Gasteiger partial charge in [0.05, 0.1) is 29.6 Å². The molecule has 0 radical (unpaired) electrons. The Bertz CT molecular complexity index is 1050. The second kappa shape index (κ2) is 6.34. The average molecular weight is 348 g/mol. The molecule has 3 aromatic rings. The van der Waals surface area contributed by atoms with E-state index in [1.165, 1.54) is 7.11 Å². The fourth-order valence-electron chi connectivity index (χ4n) is 3.85. The first-order chi connectivity index (χ1) is 12.6. The summed E-state index contributed by atoms with van der Waals surface area (Å²) in [6, 6.07) is 12.2. The third-order valence-electron chi connectivity index (χ3n) is 5.15. The molecule has 6 nitrogen and oxygen atoms in total. The third kappa shape index (κ3) is 2.48. The van der Waals surface area contributed by atoms with Crippen molar-refractivity contribution in [3.8, 4) is 6.07 Å². The van der Waals surface area contributed by atoms with Crippen LogP contribution in [0.15, 0.2) is 30.3 Å². The van der Waals surface area contributed by atoms with Gasteiger partial charge in [-0.15, -0.1) is 0 Å². The lowest BCUT2D eigenvalue weighted by Gasteiger charge is -2.33. The molecule has 4 rings (SSSR count). The highest BCUT2D eigenvalue weighted by molar-refractivity contribution is 5.85. The molecule has 1 aromatic carbocycles. The number of para-hydroxylation sites is 2. The summed E-state index contributed by atoms with van der Waals surface area (Å²) in [5.74, 6) is 0.681. The van der Waals surface area contributed by atoms with Gasteiger partial charge in [-0.05, 0) is 43.5 Å². The number of anilines is 1. The number of fused-ring (bicyclic) bond motifs is 3. The number of nitrogens with zero attached hydrogens (tertiary/aromatic N) is 4. The van der Waals surface area contributed by atoms with Gasteiger partial charge in [0.2, 0.25) is 0 Å². The van der Waals surface area contributed by atoms with Crippen LogP contribution in [0.5, 0.6) is 0 Å². The van der Waals surface area contributed by atoms with Crippen LogP contribution in [-0.4, -0.2) is 35.6 Å². The molecule has 1 aliphatic rings. The van der Waals surface area contributed by atoms with Gasteiger partial charge in [0.15, 0.2) is 5.65 Å².